The summed E-state index contributed by atoms with van der Waals surface area (Å²) in [4.78, 5) is 4.52. The molecule has 2 heterocycles. The van der Waals surface area contributed by atoms with Gasteiger partial charge in [-0.15, -0.1) is 0 Å². The Balaban J connectivity index is 2.09. The average molecular weight is 393 g/mol. The highest BCUT2D eigenvalue weighted by Gasteiger charge is 2.30. The molecule has 28 heavy (non-hydrogen) atoms. The Hall–Kier alpha value is -2.33. The van der Waals surface area contributed by atoms with E-state index in [0.29, 0.717) is 6.54 Å². The number of rotatable bonds is 3. The molecule has 4 rings (SSSR count). The van der Waals surface area contributed by atoms with Gasteiger partial charge in [0, 0.05) is 17.4 Å². The van der Waals surface area contributed by atoms with Crippen molar-refractivity contribution < 1.29 is 4.39 Å². The van der Waals surface area contributed by atoms with Gasteiger partial charge >= 0.3 is 0 Å². The van der Waals surface area contributed by atoms with E-state index in [4.69, 9.17) is 0 Å². The lowest BCUT2D eigenvalue weighted by Gasteiger charge is -2.35. The molecule has 0 spiro atoms. The highest BCUT2D eigenvalue weighted by molar-refractivity contribution is 7.99. The molecular weight excluding hydrogens is 367 g/mol. The van der Waals surface area contributed by atoms with Gasteiger partial charge in [0.15, 0.2) is 0 Å². The summed E-state index contributed by atoms with van der Waals surface area (Å²) in [5, 5.41) is 0. The average Bonchev–Trinajstić information content (AvgIpc) is 2.69. The van der Waals surface area contributed by atoms with Crippen LogP contribution in [0.15, 0.2) is 36.5 Å². The highest BCUT2D eigenvalue weighted by Crippen LogP contribution is 2.49. The van der Waals surface area contributed by atoms with Crippen LogP contribution in [0.2, 0.25) is 0 Å². The number of aromatic nitrogens is 1. The highest BCUT2D eigenvalue weighted by atomic mass is 32.2. The molecule has 3 aromatic rings. The van der Waals surface area contributed by atoms with Crippen LogP contribution in [0.1, 0.15) is 34.7 Å². The molecule has 0 N–H and O–H groups in total. The SMILES string of the molecule is CCc1c(C)c2c(c(C)c1-c1ccc(C)cc1)-c1ncc(F)cc1CN2SC. The van der Waals surface area contributed by atoms with Gasteiger partial charge in [0.2, 0.25) is 0 Å². The van der Waals surface area contributed by atoms with Crippen molar-refractivity contribution in [2.45, 2.75) is 40.7 Å². The zero-order valence-electron chi connectivity index (χ0n) is 17.1. The normalized spacial score (nSPS) is 12.7. The van der Waals surface area contributed by atoms with Crippen molar-refractivity contribution in [1.82, 2.24) is 4.98 Å². The number of fused-ring (bicyclic) bond motifs is 3. The molecule has 0 radical (unpaired) electrons. The second kappa shape index (κ2) is 7.25. The van der Waals surface area contributed by atoms with Crippen LogP contribution in [0.25, 0.3) is 22.4 Å². The first-order chi connectivity index (χ1) is 13.5. The van der Waals surface area contributed by atoms with Crippen LogP contribution in [0.4, 0.5) is 10.1 Å². The van der Waals surface area contributed by atoms with E-state index in [2.05, 4.69) is 67.5 Å². The third kappa shape index (κ3) is 2.91. The molecular formula is C24H25FN2S. The molecule has 2 nitrogen and oxygen atoms in total. The molecule has 0 saturated carbocycles. The third-order valence-corrected chi connectivity index (χ3v) is 6.50. The maximum absolute atomic E-state index is 13.9. The largest absolute Gasteiger partial charge is 0.311 e. The second-order valence-corrected chi connectivity index (χ2v) is 8.23. The smallest absolute Gasteiger partial charge is 0.141 e. The van der Waals surface area contributed by atoms with Crippen LogP contribution in [0.3, 0.4) is 0 Å². The molecule has 1 aliphatic heterocycles. The van der Waals surface area contributed by atoms with Crippen molar-refractivity contribution in [3.05, 3.63) is 70.2 Å². The zero-order chi connectivity index (χ0) is 20.0. The topological polar surface area (TPSA) is 16.1 Å². The summed E-state index contributed by atoms with van der Waals surface area (Å²) >= 11 is 1.69. The van der Waals surface area contributed by atoms with Gasteiger partial charge in [0.05, 0.1) is 24.1 Å². The Bertz CT molecular complexity index is 1060. The minimum atomic E-state index is -0.276. The lowest BCUT2D eigenvalue weighted by atomic mass is 9.82. The predicted molar refractivity (Wildman–Crippen MR) is 118 cm³/mol. The van der Waals surface area contributed by atoms with Crippen molar-refractivity contribution in [3.8, 4) is 22.4 Å². The first-order valence-corrected chi connectivity index (χ1v) is 10.8. The maximum Gasteiger partial charge on any atom is 0.141 e. The van der Waals surface area contributed by atoms with Crippen molar-refractivity contribution in [2.75, 3.05) is 10.6 Å². The van der Waals surface area contributed by atoms with Crippen LogP contribution >= 0.6 is 11.9 Å². The van der Waals surface area contributed by atoms with E-state index in [9.17, 15) is 4.39 Å². The van der Waals surface area contributed by atoms with Crippen molar-refractivity contribution >= 4 is 17.6 Å². The lowest BCUT2D eigenvalue weighted by molar-refractivity contribution is 0.618. The number of nitrogens with zero attached hydrogens (tertiary/aromatic N) is 2. The predicted octanol–water partition coefficient (Wildman–Crippen LogP) is 6.64. The van der Waals surface area contributed by atoms with Crippen molar-refractivity contribution in [1.29, 1.82) is 0 Å². The number of aryl methyl sites for hydroxylation is 1. The number of halogens is 1. The monoisotopic (exact) mass is 392 g/mol. The summed E-state index contributed by atoms with van der Waals surface area (Å²) < 4.78 is 16.2. The van der Waals surface area contributed by atoms with Gasteiger partial charge in [-0.1, -0.05) is 48.7 Å². The van der Waals surface area contributed by atoms with Crippen LogP contribution in [0.5, 0.6) is 0 Å². The number of anilines is 1. The van der Waals surface area contributed by atoms with Crippen LogP contribution in [-0.4, -0.2) is 11.2 Å². The van der Waals surface area contributed by atoms with E-state index < -0.39 is 0 Å². The van der Waals surface area contributed by atoms with Gasteiger partial charge in [0.25, 0.3) is 0 Å². The summed E-state index contributed by atoms with van der Waals surface area (Å²) in [7, 11) is 0. The molecule has 1 aromatic heterocycles. The van der Waals surface area contributed by atoms with E-state index in [1.807, 2.05) is 0 Å². The molecule has 0 fully saturated rings. The molecule has 144 valence electrons. The standard InChI is InChI=1S/C24H25FN2S/c1-6-20-15(3)24-22(16(4)21(20)17-9-7-14(2)8-10-17)23-18(13-27(24)28-5)11-19(25)12-26-23/h7-12H,6,13H2,1-5H3. The summed E-state index contributed by atoms with van der Waals surface area (Å²) in [6.45, 7) is 9.40. The molecule has 0 bridgehead atoms. The first-order valence-electron chi connectivity index (χ1n) is 9.65. The molecule has 0 aliphatic carbocycles. The van der Waals surface area contributed by atoms with E-state index >= 15 is 0 Å². The van der Waals surface area contributed by atoms with Gasteiger partial charge in [-0.2, -0.15) is 0 Å². The molecule has 0 atom stereocenters. The van der Waals surface area contributed by atoms with E-state index in [1.165, 1.54) is 45.3 Å². The quantitative estimate of drug-likeness (QED) is 0.465. The van der Waals surface area contributed by atoms with Gasteiger partial charge in [-0.3, -0.25) is 4.98 Å². The summed E-state index contributed by atoms with van der Waals surface area (Å²) in [5.41, 5.74) is 11.9. The fourth-order valence-corrected chi connectivity index (χ4v) is 5.10. The first kappa shape index (κ1) is 19.0. The minimum absolute atomic E-state index is 0.276. The fraction of sp³-hybridized carbons (Fsp3) is 0.292. The van der Waals surface area contributed by atoms with Crippen LogP contribution < -0.4 is 4.31 Å². The van der Waals surface area contributed by atoms with E-state index in [0.717, 1.165) is 23.2 Å². The molecule has 0 saturated heterocycles. The Labute approximate surface area is 170 Å². The van der Waals surface area contributed by atoms with Crippen molar-refractivity contribution in [3.63, 3.8) is 0 Å². The Morgan fingerprint density at radius 1 is 1.07 bits per heavy atom. The molecule has 4 heteroatoms. The Morgan fingerprint density at radius 2 is 1.79 bits per heavy atom. The van der Waals surface area contributed by atoms with Crippen LogP contribution in [0, 0.1) is 26.6 Å². The number of hydrogen-bond donors (Lipinski definition) is 0. The number of pyridine rings is 1. The van der Waals surface area contributed by atoms with Gasteiger partial charge in [0.1, 0.15) is 5.82 Å². The van der Waals surface area contributed by atoms with Crippen molar-refractivity contribution in [2.24, 2.45) is 0 Å². The third-order valence-electron chi connectivity index (χ3n) is 5.74. The maximum atomic E-state index is 13.9. The summed E-state index contributed by atoms with van der Waals surface area (Å²) in [6.07, 6.45) is 4.39. The van der Waals surface area contributed by atoms with Crippen LogP contribution in [-0.2, 0) is 13.0 Å². The number of benzene rings is 2. The zero-order valence-corrected chi connectivity index (χ0v) is 17.9. The number of hydrogen-bond acceptors (Lipinski definition) is 3. The molecule has 1 aliphatic rings. The molecule has 2 aromatic carbocycles. The summed E-state index contributed by atoms with van der Waals surface area (Å²) in [6, 6.07) is 10.4. The Kier molecular flexibility index (Phi) is 4.92. The van der Waals surface area contributed by atoms with Gasteiger partial charge < -0.3 is 4.31 Å². The second-order valence-electron chi connectivity index (χ2n) is 7.43. The summed E-state index contributed by atoms with van der Waals surface area (Å²) in [5.74, 6) is -0.276. The fourth-order valence-electron chi connectivity index (χ4n) is 4.42. The lowest BCUT2D eigenvalue weighted by Crippen LogP contribution is -2.23. The van der Waals surface area contributed by atoms with Gasteiger partial charge in [-0.25, -0.2) is 4.39 Å². The van der Waals surface area contributed by atoms with Gasteiger partial charge in [-0.05, 0) is 61.1 Å². The molecule has 0 unspecified atom stereocenters. The minimum Gasteiger partial charge on any atom is -0.311 e. The Morgan fingerprint density at radius 3 is 2.43 bits per heavy atom. The van der Waals surface area contributed by atoms with E-state index in [-0.39, 0.29) is 5.82 Å². The van der Waals surface area contributed by atoms with E-state index in [1.54, 1.807) is 18.0 Å². The molecule has 0 amide bonds.